The average Bonchev–Trinajstić information content (AvgIpc) is 3.04. The largest absolute Gasteiger partial charge is 0.384 e. The fraction of sp³-hybridized carbons (Fsp3) is 0.192. The van der Waals surface area contributed by atoms with Crippen molar-refractivity contribution in [2.75, 3.05) is 7.11 Å². The van der Waals surface area contributed by atoms with E-state index in [4.69, 9.17) is 15.9 Å². The maximum absolute atomic E-state index is 12.6. The molecule has 3 aromatic carbocycles. The monoisotopic (exact) mass is 427 g/mol. The van der Waals surface area contributed by atoms with Gasteiger partial charge in [0.15, 0.2) is 0 Å². The third kappa shape index (κ3) is 4.31. The van der Waals surface area contributed by atoms with Crippen LogP contribution in [0.15, 0.2) is 66.7 Å². The van der Waals surface area contributed by atoms with E-state index in [0.29, 0.717) is 23.3 Å². The maximum Gasteiger partial charge on any atom is 0.261 e. The smallest absolute Gasteiger partial charge is 0.261 e. The van der Waals surface area contributed by atoms with Crippen LogP contribution in [0.1, 0.15) is 48.5 Å². The highest BCUT2D eigenvalue weighted by atomic mass is 16.5. The molecule has 3 N–H and O–H groups in total. The van der Waals surface area contributed by atoms with E-state index in [2.05, 4.69) is 0 Å². The molecular formula is C26H25N3O3. The lowest BCUT2D eigenvalue weighted by atomic mass is 9.97. The zero-order valence-corrected chi connectivity index (χ0v) is 17.9. The summed E-state index contributed by atoms with van der Waals surface area (Å²) in [5.41, 5.74) is 11.5. The maximum atomic E-state index is 12.6. The lowest BCUT2D eigenvalue weighted by molar-refractivity contribution is 0.0642. The third-order valence-corrected chi connectivity index (χ3v) is 5.74. The molecule has 0 spiro atoms. The van der Waals surface area contributed by atoms with Crippen LogP contribution in [0.3, 0.4) is 0 Å². The molecule has 32 heavy (non-hydrogen) atoms. The second-order valence-corrected chi connectivity index (χ2v) is 7.89. The van der Waals surface area contributed by atoms with Crippen molar-refractivity contribution in [2.24, 2.45) is 5.73 Å². The van der Waals surface area contributed by atoms with Gasteiger partial charge in [-0.2, -0.15) is 0 Å². The Kier molecular flexibility index (Phi) is 6.14. The Balaban J connectivity index is 1.43. The molecule has 0 unspecified atom stereocenters. The second-order valence-electron chi connectivity index (χ2n) is 7.89. The highest BCUT2D eigenvalue weighted by Crippen LogP contribution is 2.24. The van der Waals surface area contributed by atoms with E-state index in [1.807, 2.05) is 42.5 Å². The summed E-state index contributed by atoms with van der Waals surface area (Å²) in [7, 11) is 1.66. The Morgan fingerprint density at radius 3 is 2.09 bits per heavy atom. The Morgan fingerprint density at radius 1 is 0.875 bits per heavy atom. The first-order valence-corrected chi connectivity index (χ1v) is 10.5. The van der Waals surface area contributed by atoms with Gasteiger partial charge in [0, 0.05) is 12.7 Å². The number of methoxy groups -OCH3 is 1. The van der Waals surface area contributed by atoms with Gasteiger partial charge in [-0.3, -0.25) is 19.9 Å². The molecule has 6 nitrogen and oxygen atoms in total. The number of nitrogen functional groups attached to an aromatic ring is 1. The van der Waals surface area contributed by atoms with Crippen molar-refractivity contribution in [3.05, 3.63) is 106 Å². The van der Waals surface area contributed by atoms with E-state index < -0.39 is 0 Å². The van der Waals surface area contributed by atoms with E-state index in [-0.39, 0.29) is 24.2 Å². The van der Waals surface area contributed by atoms with E-state index in [1.54, 1.807) is 31.4 Å². The van der Waals surface area contributed by atoms with Crippen LogP contribution < -0.4 is 5.73 Å². The summed E-state index contributed by atoms with van der Waals surface area (Å²) in [6.45, 7) is 0.762. The molecule has 0 atom stereocenters. The second kappa shape index (κ2) is 9.16. The number of aryl methyl sites for hydroxylation is 2. The van der Waals surface area contributed by atoms with Gasteiger partial charge in [-0.25, -0.2) is 0 Å². The molecule has 6 heteroatoms. The van der Waals surface area contributed by atoms with E-state index in [9.17, 15) is 9.59 Å². The van der Waals surface area contributed by atoms with Gasteiger partial charge < -0.3 is 10.5 Å². The van der Waals surface area contributed by atoms with Crippen molar-refractivity contribution in [1.82, 2.24) is 4.90 Å². The molecule has 162 valence electrons. The summed E-state index contributed by atoms with van der Waals surface area (Å²) < 4.78 is 5.30. The van der Waals surface area contributed by atoms with E-state index in [0.717, 1.165) is 35.1 Å². The van der Waals surface area contributed by atoms with Crippen LogP contribution in [0.2, 0.25) is 0 Å². The number of imide groups is 1. The molecule has 3 aromatic rings. The Hall–Kier alpha value is -3.77. The minimum absolute atomic E-state index is 0.0488. The zero-order chi connectivity index (χ0) is 22.7. The number of hydrogen-bond acceptors (Lipinski definition) is 4. The number of amidine groups is 1. The molecule has 0 saturated carbocycles. The lowest BCUT2D eigenvalue weighted by Gasteiger charge is -2.14. The van der Waals surface area contributed by atoms with Crippen molar-refractivity contribution in [3.63, 3.8) is 0 Å². The fourth-order valence-electron chi connectivity index (χ4n) is 3.98. The summed E-state index contributed by atoms with van der Waals surface area (Å²) in [6, 6.07) is 20.6. The van der Waals surface area contributed by atoms with Crippen molar-refractivity contribution >= 4 is 17.6 Å². The van der Waals surface area contributed by atoms with Gasteiger partial charge >= 0.3 is 0 Å². The van der Waals surface area contributed by atoms with Gasteiger partial charge in [-0.1, -0.05) is 48.5 Å². The summed E-state index contributed by atoms with van der Waals surface area (Å²) in [4.78, 5) is 26.4. The highest BCUT2D eigenvalue weighted by Gasteiger charge is 2.34. The third-order valence-electron chi connectivity index (χ3n) is 5.74. The summed E-state index contributed by atoms with van der Waals surface area (Å²) in [5, 5.41) is 7.68. The van der Waals surface area contributed by atoms with Gasteiger partial charge in [0.2, 0.25) is 0 Å². The van der Waals surface area contributed by atoms with Gasteiger partial charge in [0.25, 0.3) is 11.8 Å². The fourth-order valence-corrected chi connectivity index (χ4v) is 3.98. The number of carbonyl (C=O) groups excluding carboxylic acids is 2. The van der Waals surface area contributed by atoms with Gasteiger partial charge in [-0.15, -0.1) is 0 Å². The molecular weight excluding hydrogens is 402 g/mol. The van der Waals surface area contributed by atoms with Crippen molar-refractivity contribution in [1.29, 1.82) is 5.41 Å². The van der Waals surface area contributed by atoms with E-state index in [1.165, 1.54) is 4.90 Å². The first-order chi connectivity index (χ1) is 15.5. The predicted octanol–water partition coefficient (Wildman–Crippen LogP) is 3.70. The van der Waals surface area contributed by atoms with Gasteiger partial charge in [-0.05, 0) is 53.3 Å². The van der Waals surface area contributed by atoms with Crippen LogP contribution in [0.25, 0.3) is 0 Å². The molecule has 1 heterocycles. The topological polar surface area (TPSA) is 96.5 Å². The quantitative estimate of drug-likeness (QED) is 0.325. The molecule has 1 aliphatic heterocycles. The lowest BCUT2D eigenvalue weighted by Crippen LogP contribution is -2.29. The normalized spacial score (nSPS) is 12.8. The molecule has 0 aromatic heterocycles. The Labute approximate surface area is 187 Å². The standard InChI is InChI=1S/C26H25N3O3/c1-32-16-21-13-12-20(24(27)28)14-19(21)11-10-17-6-8-18(9-7-17)15-29-25(30)22-4-2-3-5-23(22)26(29)31/h2-9,12-14H,10-11,15-16H2,1H3,(H3,27,28). The number of benzene rings is 3. The molecule has 0 radical (unpaired) electrons. The molecule has 0 saturated heterocycles. The number of nitrogens with two attached hydrogens (primary N) is 1. The molecule has 0 aliphatic carbocycles. The SMILES string of the molecule is COCc1ccc(C(=N)N)cc1CCc1ccc(CN2C(=O)c3ccccc3C2=O)cc1. The number of nitrogens with one attached hydrogen (secondary N) is 1. The number of nitrogens with zero attached hydrogens (tertiary/aromatic N) is 1. The minimum atomic E-state index is -0.245. The van der Waals surface area contributed by atoms with Crippen LogP contribution in [0, 0.1) is 5.41 Å². The summed E-state index contributed by atoms with van der Waals surface area (Å²) in [6.07, 6.45) is 1.60. The van der Waals surface area contributed by atoms with Crippen LogP contribution in [-0.2, 0) is 30.7 Å². The van der Waals surface area contributed by atoms with Crippen LogP contribution in [0.4, 0.5) is 0 Å². The Morgan fingerprint density at radius 2 is 1.50 bits per heavy atom. The first-order valence-electron chi connectivity index (χ1n) is 10.5. The highest BCUT2D eigenvalue weighted by molar-refractivity contribution is 6.21. The molecule has 0 bridgehead atoms. The number of carbonyl (C=O) groups is 2. The van der Waals surface area contributed by atoms with Gasteiger partial charge in [0.1, 0.15) is 5.84 Å². The minimum Gasteiger partial charge on any atom is -0.384 e. The summed E-state index contributed by atoms with van der Waals surface area (Å²) >= 11 is 0. The number of fused-ring (bicyclic) bond motifs is 1. The molecule has 4 rings (SSSR count). The van der Waals surface area contributed by atoms with Crippen molar-refractivity contribution in [3.8, 4) is 0 Å². The van der Waals surface area contributed by atoms with E-state index >= 15 is 0 Å². The number of rotatable bonds is 8. The first kappa shape index (κ1) is 21.5. The average molecular weight is 428 g/mol. The van der Waals surface area contributed by atoms with Gasteiger partial charge in [0.05, 0.1) is 24.3 Å². The van der Waals surface area contributed by atoms with Crippen molar-refractivity contribution in [2.45, 2.75) is 26.0 Å². The van der Waals surface area contributed by atoms with Crippen molar-refractivity contribution < 1.29 is 14.3 Å². The number of ether oxygens (including phenoxy) is 1. The number of amides is 2. The molecule has 2 amide bonds. The number of hydrogen-bond donors (Lipinski definition) is 2. The molecule has 1 aliphatic rings. The van der Waals surface area contributed by atoms with Crippen LogP contribution in [0.5, 0.6) is 0 Å². The van der Waals surface area contributed by atoms with Crippen LogP contribution >= 0.6 is 0 Å². The predicted molar refractivity (Wildman–Crippen MR) is 123 cm³/mol. The Bertz CT molecular complexity index is 1150. The summed E-state index contributed by atoms with van der Waals surface area (Å²) in [5.74, 6) is -0.441. The molecule has 0 fully saturated rings. The van der Waals surface area contributed by atoms with Crippen LogP contribution in [-0.4, -0.2) is 29.7 Å². The zero-order valence-electron chi connectivity index (χ0n) is 17.9.